The van der Waals surface area contributed by atoms with Gasteiger partial charge in [-0.05, 0) is 30.5 Å². The van der Waals surface area contributed by atoms with E-state index in [0.717, 1.165) is 41.7 Å². The molecule has 1 aromatic carbocycles. The smallest absolute Gasteiger partial charge is 0.182 e. The monoisotopic (exact) mass is 291 g/mol. The first kappa shape index (κ1) is 11.0. The zero-order valence-corrected chi connectivity index (χ0v) is 11.1. The largest absolute Gasteiger partial charge is 0.369 e. The number of rotatable bonds is 1. The summed E-state index contributed by atoms with van der Waals surface area (Å²) in [6, 6.07) is 8.03. The second kappa shape index (κ2) is 4.30. The van der Waals surface area contributed by atoms with Crippen LogP contribution in [0.5, 0.6) is 0 Å². The van der Waals surface area contributed by atoms with Crippen molar-refractivity contribution in [1.29, 1.82) is 0 Å². The molecule has 0 aromatic heterocycles. The van der Waals surface area contributed by atoms with Crippen LogP contribution in [0.15, 0.2) is 34.4 Å². The summed E-state index contributed by atoms with van der Waals surface area (Å²) in [4.78, 5) is 14.4. The van der Waals surface area contributed by atoms with Crippen molar-refractivity contribution in [1.82, 2.24) is 4.90 Å². The average Bonchev–Trinajstić information content (AvgIpc) is 2.36. The van der Waals surface area contributed by atoms with Crippen LogP contribution < -0.4 is 0 Å². The van der Waals surface area contributed by atoms with E-state index in [0.29, 0.717) is 5.78 Å². The van der Waals surface area contributed by atoms with Crippen LogP contribution in [0.4, 0.5) is 0 Å². The number of piperidine rings is 3. The van der Waals surface area contributed by atoms with Crippen LogP contribution in [0.25, 0.3) is 6.08 Å². The molecule has 3 aliphatic heterocycles. The number of halogens is 1. The molecule has 0 radical (unpaired) electrons. The Morgan fingerprint density at radius 1 is 1.24 bits per heavy atom. The molecular weight excluding hydrogens is 278 g/mol. The van der Waals surface area contributed by atoms with E-state index in [2.05, 4.69) is 20.8 Å². The molecular formula is C14H14BrNO. The third-order valence-corrected chi connectivity index (χ3v) is 4.38. The van der Waals surface area contributed by atoms with Crippen molar-refractivity contribution in [2.24, 2.45) is 5.92 Å². The summed E-state index contributed by atoms with van der Waals surface area (Å²) in [6.07, 6.45) is 4.09. The molecule has 2 nitrogen and oxygen atoms in total. The molecule has 0 N–H and O–H groups in total. The van der Waals surface area contributed by atoms with Gasteiger partial charge in [-0.2, -0.15) is 0 Å². The average molecular weight is 292 g/mol. The highest BCUT2D eigenvalue weighted by Crippen LogP contribution is 2.33. The van der Waals surface area contributed by atoms with Gasteiger partial charge in [0.1, 0.15) is 0 Å². The van der Waals surface area contributed by atoms with Crippen LogP contribution in [0.3, 0.4) is 0 Å². The summed E-state index contributed by atoms with van der Waals surface area (Å²) >= 11 is 3.52. The minimum absolute atomic E-state index is 0.272. The van der Waals surface area contributed by atoms with E-state index in [9.17, 15) is 4.79 Å². The quantitative estimate of drug-likeness (QED) is 0.741. The van der Waals surface area contributed by atoms with Crippen LogP contribution in [0, 0.1) is 5.92 Å². The van der Waals surface area contributed by atoms with Gasteiger partial charge >= 0.3 is 0 Å². The lowest BCUT2D eigenvalue weighted by atomic mass is 9.84. The van der Waals surface area contributed by atoms with Gasteiger partial charge in [-0.3, -0.25) is 4.79 Å². The lowest BCUT2D eigenvalue weighted by Crippen LogP contribution is -2.45. The number of benzene rings is 1. The summed E-state index contributed by atoms with van der Waals surface area (Å²) in [5.74, 6) is 0.604. The SMILES string of the molecule is O=C1C(=Cc2ccccc2Br)N2CCC1CC2. The van der Waals surface area contributed by atoms with Gasteiger partial charge in [-0.25, -0.2) is 0 Å². The number of carbonyl (C=O) groups excluding carboxylic acids is 1. The predicted molar refractivity (Wildman–Crippen MR) is 71.4 cm³/mol. The molecule has 0 unspecified atom stereocenters. The van der Waals surface area contributed by atoms with E-state index in [1.54, 1.807) is 0 Å². The Bertz CT molecular complexity index is 487. The number of Topliss-reactive ketones (excluding diaryl/α,β-unsaturated/α-hetero) is 1. The van der Waals surface area contributed by atoms with Crippen LogP contribution in [-0.2, 0) is 4.79 Å². The number of fused-ring (bicyclic) bond motifs is 3. The lowest BCUT2D eigenvalue weighted by Gasteiger charge is -2.41. The molecule has 1 aromatic rings. The van der Waals surface area contributed by atoms with E-state index in [4.69, 9.17) is 0 Å². The van der Waals surface area contributed by atoms with Gasteiger partial charge in [0, 0.05) is 23.5 Å². The summed E-state index contributed by atoms with van der Waals surface area (Å²) in [7, 11) is 0. The Labute approximate surface area is 109 Å². The van der Waals surface area contributed by atoms with Crippen molar-refractivity contribution in [3.63, 3.8) is 0 Å². The molecule has 17 heavy (non-hydrogen) atoms. The van der Waals surface area contributed by atoms with E-state index in [1.165, 1.54) is 0 Å². The first-order chi connectivity index (χ1) is 8.25. The fourth-order valence-corrected chi connectivity index (χ4v) is 3.05. The number of allylic oxidation sites excluding steroid dienone is 1. The van der Waals surface area contributed by atoms with Crippen molar-refractivity contribution in [3.05, 3.63) is 40.0 Å². The van der Waals surface area contributed by atoms with Crippen molar-refractivity contribution in [3.8, 4) is 0 Å². The topological polar surface area (TPSA) is 20.3 Å². The highest BCUT2D eigenvalue weighted by molar-refractivity contribution is 9.10. The number of nitrogens with zero attached hydrogens (tertiary/aromatic N) is 1. The molecule has 3 aliphatic rings. The molecule has 3 fully saturated rings. The number of hydrogen-bond donors (Lipinski definition) is 0. The molecule has 0 spiro atoms. The molecule has 0 saturated carbocycles. The highest BCUT2D eigenvalue weighted by Gasteiger charge is 2.36. The minimum atomic E-state index is 0.272. The zero-order chi connectivity index (χ0) is 11.8. The minimum Gasteiger partial charge on any atom is -0.369 e. The molecule has 0 atom stereocenters. The standard InChI is InChI=1S/C14H14BrNO/c15-12-4-2-1-3-11(12)9-13-14(17)10-5-7-16(13)8-6-10/h1-4,9-10H,5-8H2. The maximum absolute atomic E-state index is 12.2. The molecule has 3 heterocycles. The van der Waals surface area contributed by atoms with E-state index >= 15 is 0 Å². The van der Waals surface area contributed by atoms with Crippen molar-refractivity contribution in [2.45, 2.75) is 12.8 Å². The second-order valence-electron chi connectivity index (χ2n) is 4.68. The van der Waals surface area contributed by atoms with Crippen molar-refractivity contribution in [2.75, 3.05) is 13.1 Å². The van der Waals surface area contributed by atoms with Crippen LogP contribution in [0.1, 0.15) is 18.4 Å². The molecule has 0 amide bonds. The van der Waals surface area contributed by atoms with Gasteiger partial charge in [-0.1, -0.05) is 34.1 Å². The fourth-order valence-electron chi connectivity index (χ4n) is 2.65. The number of hydrogen-bond acceptors (Lipinski definition) is 2. The summed E-state index contributed by atoms with van der Waals surface area (Å²) in [5, 5.41) is 0. The van der Waals surface area contributed by atoms with Gasteiger partial charge in [0.05, 0.1) is 5.70 Å². The zero-order valence-electron chi connectivity index (χ0n) is 9.53. The Morgan fingerprint density at radius 3 is 2.59 bits per heavy atom. The third-order valence-electron chi connectivity index (χ3n) is 3.66. The van der Waals surface area contributed by atoms with Crippen molar-refractivity contribution < 1.29 is 4.79 Å². The first-order valence-corrected chi connectivity index (χ1v) is 6.80. The van der Waals surface area contributed by atoms with Crippen LogP contribution in [0.2, 0.25) is 0 Å². The van der Waals surface area contributed by atoms with Gasteiger partial charge in [-0.15, -0.1) is 0 Å². The summed E-state index contributed by atoms with van der Waals surface area (Å²) < 4.78 is 1.04. The number of carbonyl (C=O) groups is 1. The van der Waals surface area contributed by atoms with Gasteiger partial charge < -0.3 is 4.90 Å². The Hall–Kier alpha value is -1.09. The Morgan fingerprint density at radius 2 is 1.94 bits per heavy atom. The molecule has 4 rings (SSSR count). The molecule has 3 saturated heterocycles. The van der Waals surface area contributed by atoms with E-state index in [-0.39, 0.29) is 5.92 Å². The maximum Gasteiger partial charge on any atom is 0.182 e. The highest BCUT2D eigenvalue weighted by atomic mass is 79.9. The maximum atomic E-state index is 12.2. The lowest BCUT2D eigenvalue weighted by molar-refractivity contribution is -0.125. The van der Waals surface area contributed by atoms with Gasteiger partial charge in [0.15, 0.2) is 5.78 Å². The van der Waals surface area contributed by atoms with Crippen LogP contribution >= 0.6 is 15.9 Å². The second-order valence-corrected chi connectivity index (χ2v) is 5.53. The van der Waals surface area contributed by atoms with E-state index < -0.39 is 0 Å². The first-order valence-electron chi connectivity index (χ1n) is 6.01. The van der Waals surface area contributed by atoms with Crippen molar-refractivity contribution >= 4 is 27.8 Å². The third kappa shape index (κ3) is 1.93. The normalized spacial score (nSPS) is 22.5. The van der Waals surface area contributed by atoms with E-state index in [1.807, 2.05) is 30.3 Å². The summed E-state index contributed by atoms with van der Waals surface area (Å²) in [6.45, 7) is 2.07. The molecule has 3 heteroatoms. The molecule has 0 aliphatic carbocycles. The predicted octanol–water partition coefficient (Wildman–Crippen LogP) is 3.08. The van der Waals surface area contributed by atoms with Gasteiger partial charge in [0.2, 0.25) is 0 Å². The molecule has 2 bridgehead atoms. The van der Waals surface area contributed by atoms with Crippen LogP contribution in [-0.4, -0.2) is 23.8 Å². The number of ketones is 1. The Kier molecular flexibility index (Phi) is 2.79. The summed E-state index contributed by atoms with van der Waals surface area (Å²) in [5.41, 5.74) is 1.99. The Balaban J connectivity index is 1.99. The molecule has 88 valence electrons. The fraction of sp³-hybridized carbons (Fsp3) is 0.357. The van der Waals surface area contributed by atoms with Gasteiger partial charge in [0.25, 0.3) is 0 Å².